The van der Waals surface area contributed by atoms with Crippen molar-refractivity contribution in [2.75, 3.05) is 0 Å². The number of aryl methyl sites for hydroxylation is 1. The van der Waals surface area contributed by atoms with Gasteiger partial charge in [-0.1, -0.05) is 6.92 Å². The van der Waals surface area contributed by atoms with Crippen molar-refractivity contribution in [3.05, 3.63) is 24.2 Å². The third kappa shape index (κ3) is 1.74. The molecule has 0 N–H and O–H groups in total. The Morgan fingerprint density at radius 1 is 1.27 bits per heavy atom. The van der Waals surface area contributed by atoms with Crippen molar-refractivity contribution in [3.63, 3.8) is 0 Å². The summed E-state index contributed by atoms with van der Waals surface area (Å²) in [5, 5.41) is 0. The maximum Gasteiger partial charge on any atom is 0.160 e. The second kappa shape index (κ2) is 3.33. The molecule has 3 nitrogen and oxygen atoms in total. The number of hydrogen-bond acceptors (Lipinski definition) is 2. The fourth-order valence-corrected chi connectivity index (χ4v) is 1.62. The van der Waals surface area contributed by atoms with E-state index in [9.17, 15) is 0 Å². The van der Waals surface area contributed by atoms with Crippen molar-refractivity contribution >= 4 is 11.2 Å². The number of imidazole rings is 1. The van der Waals surface area contributed by atoms with Gasteiger partial charge in [0.05, 0.1) is 6.33 Å². The number of nitrogens with zero attached hydrogens (tertiary/aromatic N) is 3. The van der Waals surface area contributed by atoms with Gasteiger partial charge in [-0.05, 0) is 39.3 Å². The number of pyridine rings is 1. The van der Waals surface area contributed by atoms with Gasteiger partial charge < -0.3 is 4.57 Å². The zero-order chi connectivity index (χ0) is 11.1. The highest BCUT2D eigenvalue weighted by atomic mass is 15.1. The molecule has 0 aliphatic carbocycles. The molecule has 0 aliphatic rings. The lowest BCUT2D eigenvalue weighted by atomic mass is 10.1. The first kappa shape index (κ1) is 10.1. The molecular formula is C12H17N3. The molecule has 80 valence electrons. The van der Waals surface area contributed by atoms with Crippen molar-refractivity contribution in [3.8, 4) is 0 Å². The lowest BCUT2D eigenvalue weighted by molar-refractivity contribution is 0.406. The van der Waals surface area contributed by atoms with E-state index in [0.29, 0.717) is 0 Å². The molecule has 0 saturated heterocycles. The molecule has 3 heteroatoms. The fraction of sp³-hybridized carbons (Fsp3) is 0.500. The standard InChI is InChI=1S/C12H17N3/c1-5-9-6-7-10-11(14-9)15(8-13-10)12(2,3)4/h6-8H,5H2,1-4H3. The van der Waals surface area contributed by atoms with Crippen LogP contribution in [0.2, 0.25) is 0 Å². The van der Waals surface area contributed by atoms with E-state index in [-0.39, 0.29) is 5.54 Å². The fourth-order valence-electron chi connectivity index (χ4n) is 1.62. The molecule has 0 fully saturated rings. The van der Waals surface area contributed by atoms with E-state index in [0.717, 1.165) is 23.3 Å². The van der Waals surface area contributed by atoms with E-state index in [1.165, 1.54) is 0 Å². The van der Waals surface area contributed by atoms with E-state index < -0.39 is 0 Å². The molecule has 0 atom stereocenters. The minimum Gasteiger partial charge on any atom is -0.310 e. The van der Waals surface area contributed by atoms with Crippen LogP contribution in [0.15, 0.2) is 18.5 Å². The highest BCUT2D eigenvalue weighted by Crippen LogP contribution is 2.20. The van der Waals surface area contributed by atoms with Crippen LogP contribution < -0.4 is 0 Å². The normalized spacial score (nSPS) is 12.3. The van der Waals surface area contributed by atoms with Crippen molar-refractivity contribution in [1.82, 2.24) is 14.5 Å². The summed E-state index contributed by atoms with van der Waals surface area (Å²) in [6.45, 7) is 8.60. The summed E-state index contributed by atoms with van der Waals surface area (Å²) in [6.07, 6.45) is 2.84. The van der Waals surface area contributed by atoms with Gasteiger partial charge in [-0.25, -0.2) is 9.97 Å². The van der Waals surface area contributed by atoms with Crippen molar-refractivity contribution in [1.29, 1.82) is 0 Å². The summed E-state index contributed by atoms with van der Waals surface area (Å²) in [5.74, 6) is 0. The molecule has 0 spiro atoms. The third-order valence-electron chi connectivity index (χ3n) is 2.54. The molecule has 0 bridgehead atoms. The average molecular weight is 203 g/mol. The first-order valence-electron chi connectivity index (χ1n) is 5.36. The van der Waals surface area contributed by atoms with E-state index in [2.05, 4.69) is 42.2 Å². The molecule has 2 heterocycles. The van der Waals surface area contributed by atoms with Crippen LogP contribution in [0.3, 0.4) is 0 Å². The second-order valence-electron chi connectivity index (χ2n) is 4.78. The van der Waals surface area contributed by atoms with Crippen LogP contribution in [0.25, 0.3) is 11.2 Å². The summed E-state index contributed by atoms with van der Waals surface area (Å²) >= 11 is 0. The van der Waals surface area contributed by atoms with Crippen LogP contribution in [0.1, 0.15) is 33.4 Å². The quantitative estimate of drug-likeness (QED) is 0.713. The zero-order valence-corrected chi connectivity index (χ0v) is 9.78. The summed E-state index contributed by atoms with van der Waals surface area (Å²) in [4.78, 5) is 8.98. The molecule has 0 aromatic carbocycles. The summed E-state index contributed by atoms with van der Waals surface area (Å²) in [7, 11) is 0. The second-order valence-corrected chi connectivity index (χ2v) is 4.78. The molecule has 2 aromatic rings. The molecule has 0 unspecified atom stereocenters. The highest BCUT2D eigenvalue weighted by molar-refractivity contribution is 5.71. The summed E-state index contributed by atoms with van der Waals surface area (Å²) in [6, 6.07) is 4.09. The maximum absolute atomic E-state index is 4.62. The Hall–Kier alpha value is -1.38. The largest absolute Gasteiger partial charge is 0.310 e. The topological polar surface area (TPSA) is 30.7 Å². The van der Waals surface area contributed by atoms with Gasteiger partial charge in [-0.15, -0.1) is 0 Å². The molecular weight excluding hydrogens is 186 g/mol. The van der Waals surface area contributed by atoms with Crippen molar-refractivity contribution < 1.29 is 0 Å². The van der Waals surface area contributed by atoms with Crippen molar-refractivity contribution in [2.45, 2.75) is 39.7 Å². The smallest absolute Gasteiger partial charge is 0.160 e. The van der Waals surface area contributed by atoms with E-state index in [1.807, 2.05) is 18.5 Å². The minimum absolute atomic E-state index is 0.0358. The van der Waals surface area contributed by atoms with Crippen molar-refractivity contribution in [2.24, 2.45) is 0 Å². The molecule has 2 aromatic heterocycles. The van der Waals surface area contributed by atoms with Crippen LogP contribution in [-0.2, 0) is 12.0 Å². The zero-order valence-electron chi connectivity index (χ0n) is 9.78. The Balaban J connectivity index is 2.67. The van der Waals surface area contributed by atoms with Gasteiger partial charge >= 0.3 is 0 Å². The molecule has 15 heavy (non-hydrogen) atoms. The lowest BCUT2D eigenvalue weighted by Gasteiger charge is -2.20. The SMILES string of the molecule is CCc1ccc2ncn(C(C)(C)C)c2n1. The summed E-state index contributed by atoms with van der Waals surface area (Å²) in [5.41, 5.74) is 3.12. The Morgan fingerprint density at radius 2 is 2.00 bits per heavy atom. The van der Waals surface area contributed by atoms with Crippen LogP contribution in [-0.4, -0.2) is 14.5 Å². The van der Waals surface area contributed by atoms with Gasteiger partial charge in [-0.2, -0.15) is 0 Å². The Labute approximate surface area is 90.2 Å². The van der Waals surface area contributed by atoms with Gasteiger partial charge in [0.25, 0.3) is 0 Å². The lowest BCUT2D eigenvalue weighted by Crippen LogP contribution is -2.21. The Bertz CT molecular complexity index is 477. The monoisotopic (exact) mass is 203 g/mol. The number of rotatable bonds is 1. The minimum atomic E-state index is 0.0358. The van der Waals surface area contributed by atoms with Crippen LogP contribution in [0.4, 0.5) is 0 Å². The van der Waals surface area contributed by atoms with Crippen LogP contribution >= 0.6 is 0 Å². The summed E-state index contributed by atoms with van der Waals surface area (Å²) < 4.78 is 2.13. The van der Waals surface area contributed by atoms with E-state index in [1.54, 1.807) is 0 Å². The van der Waals surface area contributed by atoms with Crippen LogP contribution in [0, 0.1) is 0 Å². The molecule has 0 amide bonds. The predicted molar refractivity (Wildman–Crippen MR) is 61.9 cm³/mol. The first-order chi connectivity index (χ1) is 7.02. The molecule has 0 saturated carbocycles. The highest BCUT2D eigenvalue weighted by Gasteiger charge is 2.16. The molecule has 2 rings (SSSR count). The molecule has 0 radical (unpaired) electrons. The number of fused-ring (bicyclic) bond motifs is 1. The third-order valence-corrected chi connectivity index (χ3v) is 2.54. The van der Waals surface area contributed by atoms with E-state index >= 15 is 0 Å². The van der Waals surface area contributed by atoms with Gasteiger partial charge in [0, 0.05) is 11.2 Å². The maximum atomic E-state index is 4.62. The van der Waals surface area contributed by atoms with Gasteiger partial charge in [0.15, 0.2) is 5.65 Å². The number of hydrogen-bond donors (Lipinski definition) is 0. The number of aromatic nitrogens is 3. The van der Waals surface area contributed by atoms with Gasteiger partial charge in [0.2, 0.25) is 0 Å². The predicted octanol–water partition coefficient (Wildman–Crippen LogP) is 2.75. The first-order valence-corrected chi connectivity index (χ1v) is 5.36. The van der Waals surface area contributed by atoms with Crippen LogP contribution in [0.5, 0.6) is 0 Å². The van der Waals surface area contributed by atoms with E-state index in [4.69, 9.17) is 0 Å². The molecule has 0 aliphatic heterocycles. The van der Waals surface area contributed by atoms with Gasteiger partial charge in [0.1, 0.15) is 5.52 Å². The van der Waals surface area contributed by atoms with Gasteiger partial charge in [-0.3, -0.25) is 0 Å². The average Bonchev–Trinajstić information content (AvgIpc) is 2.59. The Kier molecular flexibility index (Phi) is 2.25. The Morgan fingerprint density at radius 3 is 2.60 bits per heavy atom.